The van der Waals surface area contributed by atoms with Gasteiger partial charge in [0.1, 0.15) is 22.6 Å². The molecule has 0 saturated carbocycles. The zero-order valence-corrected chi connectivity index (χ0v) is 13.0. The highest BCUT2D eigenvalue weighted by Crippen LogP contribution is 2.31. The highest BCUT2D eigenvalue weighted by atomic mass is 16.3. The Hall–Kier alpha value is -3.16. The number of aromatic hydroxyl groups is 1. The van der Waals surface area contributed by atoms with E-state index in [4.69, 9.17) is 11.5 Å². The summed E-state index contributed by atoms with van der Waals surface area (Å²) in [5.74, 6) is -0.591. The van der Waals surface area contributed by atoms with E-state index >= 15 is 0 Å². The second-order valence-electron chi connectivity index (χ2n) is 5.32. The van der Waals surface area contributed by atoms with Crippen LogP contribution in [0.2, 0.25) is 0 Å². The van der Waals surface area contributed by atoms with Gasteiger partial charge in [0.25, 0.3) is 5.91 Å². The van der Waals surface area contributed by atoms with Gasteiger partial charge in [-0.25, -0.2) is 9.97 Å². The van der Waals surface area contributed by atoms with Gasteiger partial charge in [0.05, 0.1) is 29.0 Å². The Kier molecular flexibility index (Phi) is 3.17. The number of nitrogens with two attached hydrogens (primary N) is 2. The molecule has 118 valence electrons. The van der Waals surface area contributed by atoms with Gasteiger partial charge in [-0.15, -0.1) is 0 Å². The van der Waals surface area contributed by atoms with Crippen LogP contribution in [0.4, 0.5) is 5.82 Å². The second kappa shape index (κ2) is 4.94. The van der Waals surface area contributed by atoms with E-state index in [9.17, 15) is 9.90 Å². The Bertz CT molecular complexity index is 960. The van der Waals surface area contributed by atoms with Gasteiger partial charge in [-0.05, 0) is 20.8 Å². The first kappa shape index (κ1) is 14.8. The number of pyridine rings is 1. The molecule has 3 heterocycles. The maximum Gasteiger partial charge on any atom is 0.254 e. The summed E-state index contributed by atoms with van der Waals surface area (Å²) in [4.78, 5) is 24.8. The Morgan fingerprint density at radius 1 is 1.17 bits per heavy atom. The first-order valence-electron chi connectivity index (χ1n) is 6.92. The topological polar surface area (TPSA) is 133 Å². The first-order valence-corrected chi connectivity index (χ1v) is 6.92. The van der Waals surface area contributed by atoms with Crippen molar-refractivity contribution in [3.05, 3.63) is 34.9 Å². The summed E-state index contributed by atoms with van der Waals surface area (Å²) >= 11 is 0. The fourth-order valence-corrected chi connectivity index (χ4v) is 2.49. The first-order chi connectivity index (χ1) is 10.8. The second-order valence-corrected chi connectivity index (χ2v) is 5.32. The third kappa shape index (κ3) is 2.15. The summed E-state index contributed by atoms with van der Waals surface area (Å²) in [6.45, 7) is 5.37. The largest absolute Gasteiger partial charge is 0.506 e. The molecule has 23 heavy (non-hydrogen) atoms. The highest BCUT2D eigenvalue weighted by molar-refractivity contribution is 6.09. The number of amides is 1. The van der Waals surface area contributed by atoms with Crippen LogP contribution >= 0.6 is 0 Å². The molecule has 5 N–H and O–H groups in total. The molecule has 3 aromatic rings. The van der Waals surface area contributed by atoms with Gasteiger partial charge in [-0.3, -0.25) is 14.3 Å². The molecule has 0 aliphatic carbocycles. The van der Waals surface area contributed by atoms with E-state index in [1.54, 1.807) is 13.8 Å². The summed E-state index contributed by atoms with van der Waals surface area (Å²) in [5, 5.41) is 9.73. The highest BCUT2D eigenvalue weighted by Gasteiger charge is 2.24. The summed E-state index contributed by atoms with van der Waals surface area (Å²) in [6.07, 6.45) is 1.33. The van der Waals surface area contributed by atoms with Crippen molar-refractivity contribution in [2.24, 2.45) is 5.73 Å². The van der Waals surface area contributed by atoms with Crippen LogP contribution in [0.5, 0.6) is 5.75 Å². The normalized spacial score (nSPS) is 11.1. The lowest BCUT2D eigenvalue weighted by Crippen LogP contribution is -2.14. The van der Waals surface area contributed by atoms with Crippen LogP contribution in [0.25, 0.3) is 16.9 Å². The molecular formula is C15H16N6O2. The van der Waals surface area contributed by atoms with Crippen LogP contribution in [0.1, 0.15) is 27.4 Å². The smallest absolute Gasteiger partial charge is 0.254 e. The third-order valence-corrected chi connectivity index (χ3v) is 3.77. The number of aromatic nitrogens is 4. The monoisotopic (exact) mass is 312 g/mol. The Labute approximate surface area is 131 Å². The van der Waals surface area contributed by atoms with E-state index in [1.165, 1.54) is 16.8 Å². The van der Waals surface area contributed by atoms with Crippen LogP contribution in [-0.2, 0) is 0 Å². The van der Waals surface area contributed by atoms with Crippen LogP contribution in [0, 0.1) is 20.8 Å². The van der Waals surface area contributed by atoms with E-state index < -0.39 is 5.91 Å². The Balaban J connectivity index is 2.50. The molecule has 0 spiro atoms. The Morgan fingerprint density at radius 2 is 1.83 bits per heavy atom. The van der Waals surface area contributed by atoms with Gasteiger partial charge >= 0.3 is 0 Å². The number of hydrogen-bond acceptors (Lipinski definition) is 6. The zero-order chi connectivity index (χ0) is 16.9. The molecule has 8 heteroatoms. The molecule has 0 atom stereocenters. The van der Waals surface area contributed by atoms with Crippen molar-refractivity contribution in [1.29, 1.82) is 0 Å². The molecule has 0 bridgehead atoms. The zero-order valence-electron chi connectivity index (χ0n) is 13.0. The summed E-state index contributed by atoms with van der Waals surface area (Å²) < 4.78 is 1.54. The van der Waals surface area contributed by atoms with E-state index in [-0.39, 0.29) is 17.1 Å². The number of carbonyl (C=O) groups is 1. The average molecular weight is 312 g/mol. The maximum absolute atomic E-state index is 11.8. The number of aryl methyl sites for hydroxylation is 3. The van der Waals surface area contributed by atoms with Gasteiger partial charge in [-0.1, -0.05) is 0 Å². The van der Waals surface area contributed by atoms with Crippen LogP contribution < -0.4 is 11.5 Å². The van der Waals surface area contributed by atoms with Crippen molar-refractivity contribution in [2.75, 3.05) is 5.73 Å². The lowest BCUT2D eigenvalue weighted by molar-refractivity contribution is 0.100. The van der Waals surface area contributed by atoms with Crippen molar-refractivity contribution in [1.82, 2.24) is 19.5 Å². The predicted octanol–water partition coefficient (Wildman–Crippen LogP) is 1.13. The summed E-state index contributed by atoms with van der Waals surface area (Å²) in [7, 11) is 0. The molecule has 0 aliphatic rings. The van der Waals surface area contributed by atoms with Crippen LogP contribution in [0.15, 0.2) is 12.3 Å². The van der Waals surface area contributed by atoms with Crippen molar-refractivity contribution >= 4 is 22.9 Å². The fourth-order valence-electron chi connectivity index (χ4n) is 2.49. The molecule has 8 nitrogen and oxygen atoms in total. The molecule has 0 saturated heterocycles. The molecule has 3 aromatic heterocycles. The van der Waals surface area contributed by atoms with Crippen LogP contribution in [-0.4, -0.2) is 30.5 Å². The summed E-state index contributed by atoms with van der Waals surface area (Å²) in [5.41, 5.74) is 15.0. The number of primary amides is 1. The van der Waals surface area contributed by atoms with Crippen molar-refractivity contribution < 1.29 is 9.90 Å². The molecule has 0 fully saturated rings. The van der Waals surface area contributed by atoms with E-state index in [0.29, 0.717) is 33.9 Å². The van der Waals surface area contributed by atoms with Gasteiger partial charge in [-0.2, -0.15) is 0 Å². The molecular weight excluding hydrogens is 296 g/mol. The van der Waals surface area contributed by atoms with Gasteiger partial charge in [0.2, 0.25) is 0 Å². The minimum Gasteiger partial charge on any atom is -0.506 e. The van der Waals surface area contributed by atoms with Crippen molar-refractivity contribution in [2.45, 2.75) is 20.8 Å². The molecule has 0 unspecified atom stereocenters. The van der Waals surface area contributed by atoms with E-state index in [1.807, 2.05) is 6.92 Å². The summed E-state index contributed by atoms with van der Waals surface area (Å²) in [6, 6.07) is 1.50. The molecule has 0 aromatic carbocycles. The lowest BCUT2D eigenvalue weighted by atomic mass is 10.2. The number of rotatable bonds is 2. The van der Waals surface area contributed by atoms with Gasteiger partial charge in [0, 0.05) is 6.07 Å². The van der Waals surface area contributed by atoms with Crippen molar-refractivity contribution in [3.63, 3.8) is 0 Å². The maximum atomic E-state index is 11.8. The number of hydrogen-bond donors (Lipinski definition) is 3. The minimum atomic E-state index is -0.686. The number of nitrogen functional groups attached to an aromatic ring is 1. The standard InChI is InChI=1S/C15H16N6O2/c1-6-7(2)20-15-12(19-6)11(14(17)23)13(16)21(15)10-4-9(22)5-18-8(10)3/h4-5,22H,16H2,1-3H3,(H2,17,23). The van der Waals surface area contributed by atoms with E-state index in [0.717, 1.165) is 0 Å². The average Bonchev–Trinajstić information content (AvgIpc) is 2.74. The number of nitrogens with zero attached hydrogens (tertiary/aromatic N) is 4. The molecule has 0 aliphatic heterocycles. The number of anilines is 1. The van der Waals surface area contributed by atoms with E-state index in [2.05, 4.69) is 15.0 Å². The number of carbonyl (C=O) groups excluding carboxylic acids is 1. The molecule has 0 radical (unpaired) electrons. The quantitative estimate of drug-likeness (QED) is 0.649. The van der Waals surface area contributed by atoms with Crippen molar-refractivity contribution in [3.8, 4) is 11.4 Å². The third-order valence-electron chi connectivity index (χ3n) is 3.77. The van der Waals surface area contributed by atoms with Gasteiger partial charge in [0.15, 0.2) is 5.65 Å². The minimum absolute atomic E-state index is 0.0238. The lowest BCUT2D eigenvalue weighted by Gasteiger charge is -2.10. The van der Waals surface area contributed by atoms with Crippen LogP contribution in [0.3, 0.4) is 0 Å². The fraction of sp³-hybridized carbons (Fsp3) is 0.200. The SMILES string of the molecule is Cc1ncc(O)cc1-n1c(N)c(C(N)=O)c2nc(C)c(C)nc21. The van der Waals surface area contributed by atoms with Gasteiger partial charge < -0.3 is 16.6 Å². The number of fused-ring (bicyclic) bond motifs is 1. The predicted molar refractivity (Wildman–Crippen MR) is 85.5 cm³/mol. The Morgan fingerprint density at radius 3 is 2.48 bits per heavy atom. The molecule has 3 rings (SSSR count). The molecule has 1 amide bonds.